The van der Waals surface area contributed by atoms with Crippen molar-refractivity contribution in [3.63, 3.8) is 0 Å². The fourth-order valence-electron chi connectivity index (χ4n) is 3.05. The molecule has 1 N–H and O–H groups in total. The van der Waals surface area contributed by atoms with Crippen LogP contribution < -0.4 is 11.0 Å². The topological polar surface area (TPSA) is 81.3 Å². The second-order valence-electron chi connectivity index (χ2n) is 7.01. The molecule has 7 nitrogen and oxygen atoms in total. The molecule has 32 heavy (non-hydrogen) atoms. The molecule has 10 heteroatoms. The number of hydrogen-bond acceptors (Lipinski definition) is 5. The Labute approximate surface area is 198 Å². The van der Waals surface area contributed by atoms with E-state index < -0.39 is 0 Å². The fraction of sp³-hybridized carbons (Fsp3) is 0.182. The Balaban J connectivity index is 1.40. The number of fused-ring (bicyclic) bond motifs is 1. The second-order valence-corrected chi connectivity index (χ2v) is 8.84. The predicted octanol–water partition coefficient (Wildman–Crippen LogP) is 3.85. The molecular formula is C22H19Cl2N5O2S. The van der Waals surface area contributed by atoms with Crippen LogP contribution in [-0.4, -0.2) is 31.6 Å². The van der Waals surface area contributed by atoms with Gasteiger partial charge in [-0.2, -0.15) is 0 Å². The van der Waals surface area contributed by atoms with Gasteiger partial charge in [-0.3, -0.25) is 4.79 Å². The van der Waals surface area contributed by atoms with Crippen LogP contribution in [0.15, 0.2) is 70.7 Å². The fourth-order valence-corrected chi connectivity index (χ4v) is 4.20. The number of nitrogens with zero attached hydrogens (tertiary/aromatic N) is 4. The van der Waals surface area contributed by atoms with E-state index in [0.29, 0.717) is 39.4 Å². The van der Waals surface area contributed by atoms with Crippen molar-refractivity contribution in [3.8, 4) is 0 Å². The van der Waals surface area contributed by atoms with Crippen molar-refractivity contribution in [1.29, 1.82) is 0 Å². The van der Waals surface area contributed by atoms with E-state index in [1.54, 1.807) is 12.4 Å². The van der Waals surface area contributed by atoms with Gasteiger partial charge in [-0.1, -0.05) is 59.2 Å². The molecule has 0 radical (unpaired) electrons. The van der Waals surface area contributed by atoms with Crippen LogP contribution in [0.1, 0.15) is 11.1 Å². The summed E-state index contributed by atoms with van der Waals surface area (Å²) in [6, 6.07) is 15.0. The monoisotopic (exact) mass is 487 g/mol. The molecule has 2 aromatic carbocycles. The number of halogens is 2. The molecule has 1 amide bonds. The Hall–Kier alpha value is -2.81. The van der Waals surface area contributed by atoms with Crippen LogP contribution in [0.5, 0.6) is 0 Å². The quantitative estimate of drug-likeness (QED) is 0.381. The number of carbonyl (C=O) groups is 1. The molecule has 4 rings (SSSR count). The zero-order valence-electron chi connectivity index (χ0n) is 16.9. The van der Waals surface area contributed by atoms with Gasteiger partial charge >= 0.3 is 5.69 Å². The smallest absolute Gasteiger partial charge is 0.350 e. The first-order valence-corrected chi connectivity index (χ1v) is 11.6. The Morgan fingerprint density at radius 3 is 2.34 bits per heavy atom. The highest BCUT2D eigenvalue weighted by molar-refractivity contribution is 7.98. The molecule has 0 spiro atoms. The summed E-state index contributed by atoms with van der Waals surface area (Å²) in [4.78, 5) is 29.4. The van der Waals surface area contributed by atoms with E-state index >= 15 is 0 Å². The zero-order chi connectivity index (χ0) is 22.5. The van der Waals surface area contributed by atoms with Gasteiger partial charge in [0.15, 0.2) is 5.65 Å². The van der Waals surface area contributed by atoms with Crippen LogP contribution in [0.2, 0.25) is 10.0 Å². The second kappa shape index (κ2) is 10.2. The molecule has 0 unspecified atom stereocenters. The Kier molecular flexibility index (Phi) is 7.14. The number of carbonyl (C=O) groups excluding carboxylic acids is 1. The normalized spacial score (nSPS) is 11.1. The van der Waals surface area contributed by atoms with Crippen LogP contribution in [0.3, 0.4) is 0 Å². The molecule has 0 aliphatic carbocycles. The lowest BCUT2D eigenvalue weighted by molar-refractivity contribution is -0.121. The largest absolute Gasteiger partial charge is 0.354 e. The number of nitrogens with one attached hydrogen (secondary N) is 1. The number of aromatic nitrogens is 4. The van der Waals surface area contributed by atoms with Gasteiger partial charge in [0.1, 0.15) is 11.6 Å². The van der Waals surface area contributed by atoms with Gasteiger partial charge in [-0.15, -0.1) is 5.10 Å². The van der Waals surface area contributed by atoms with Crippen LogP contribution in [-0.2, 0) is 23.5 Å². The third kappa shape index (κ3) is 5.51. The molecule has 0 bridgehead atoms. The van der Waals surface area contributed by atoms with Crippen LogP contribution in [0, 0.1) is 0 Å². The number of rotatable bonds is 8. The third-order valence-electron chi connectivity index (χ3n) is 4.70. The van der Waals surface area contributed by atoms with Crippen molar-refractivity contribution in [1.82, 2.24) is 24.5 Å². The van der Waals surface area contributed by atoms with Crippen molar-refractivity contribution in [2.24, 2.45) is 0 Å². The molecule has 0 saturated heterocycles. The summed E-state index contributed by atoms with van der Waals surface area (Å²) in [6.07, 6.45) is 3.77. The Bertz CT molecular complexity index is 1290. The summed E-state index contributed by atoms with van der Waals surface area (Å²) < 4.78 is 2.55. The SMILES string of the molecule is O=C(Cn1nc2c(SCc3ccc(Cl)cc3)nccn2c1=O)NCCc1ccc(Cl)cc1. The van der Waals surface area contributed by atoms with E-state index in [0.717, 1.165) is 15.8 Å². The van der Waals surface area contributed by atoms with E-state index in [-0.39, 0.29) is 18.1 Å². The first-order valence-electron chi connectivity index (χ1n) is 9.82. The molecule has 0 atom stereocenters. The van der Waals surface area contributed by atoms with Crippen molar-refractivity contribution in [2.45, 2.75) is 23.7 Å². The molecular weight excluding hydrogens is 469 g/mol. The summed E-state index contributed by atoms with van der Waals surface area (Å²) in [6.45, 7) is 0.286. The summed E-state index contributed by atoms with van der Waals surface area (Å²) in [7, 11) is 0. The molecule has 0 aliphatic rings. The van der Waals surface area contributed by atoms with E-state index in [2.05, 4.69) is 15.4 Å². The standard InChI is InChI=1S/C22H19Cl2N5O2S/c23-17-5-1-15(2-6-17)9-10-25-19(30)13-29-22(31)28-12-11-26-21(20(28)27-29)32-14-16-3-7-18(24)8-4-16/h1-8,11-12H,9-10,13-14H2,(H,25,30). The van der Waals surface area contributed by atoms with Gasteiger partial charge in [-0.05, 0) is 41.8 Å². The summed E-state index contributed by atoms with van der Waals surface area (Å²) in [5.74, 6) is 0.364. The summed E-state index contributed by atoms with van der Waals surface area (Å²) in [5.41, 5.74) is 2.17. The first kappa shape index (κ1) is 22.4. The molecule has 4 aromatic rings. The lowest BCUT2D eigenvalue weighted by atomic mass is 10.1. The van der Waals surface area contributed by atoms with Crippen LogP contribution in [0.4, 0.5) is 0 Å². The number of amides is 1. The average Bonchev–Trinajstić information content (AvgIpc) is 3.10. The van der Waals surface area contributed by atoms with E-state index in [4.69, 9.17) is 23.2 Å². The van der Waals surface area contributed by atoms with Crippen molar-refractivity contribution in [3.05, 3.63) is 92.6 Å². The van der Waals surface area contributed by atoms with Crippen LogP contribution >= 0.6 is 35.0 Å². The predicted molar refractivity (Wildman–Crippen MR) is 126 cm³/mol. The van der Waals surface area contributed by atoms with E-state index in [1.165, 1.54) is 16.2 Å². The summed E-state index contributed by atoms with van der Waals surface area (Å²) >= 11 is 13.3. The third-order valence-corrected chi connectivity index (χ3v) is 6.24. The molecule has 0 aliphatic heterocycles. The molecule has 0 fully saturated rings. The lowest BCUT2D eigenvalue weighted by Crippen LogP contribution is -2.33. The summed E-state index contributed by atoms with van der Waals surface area (Å²) in [5, 5.41) is 9.12. The average molecular weight is 488 g/mol. The van der Waals surface area contributed by atoms with E-state index in [9.17, 15) is 9.59 Å². The molecule has 164 valence electrons. The minimum atomic E-state index is -0.386. The maximum atomic E-state index is 12.7. The van der Waals surface area contributed by atoms with Gasteiger partial charge in [0.2, 0.25) is 5.91 Å². The number of hydrogen-bond donors (Lipinski definition) is 1. The minimum Gasteiger partial charge on any atom is -0.354 e. The maximum Gasteiger partial charge on any atom is 0.350 e. The van der Waals surface area contributed by atoms with Gasteiger partial charge in [-0.25, -0.2) is 18.9 Å². The van der Waals surface area contributed by atoms with Crippen LogP contribution in [0.25, 0.3) is 5.65 Å². The van der Waals surface area contributed by atoms with Gasteiger partial charge < -0.3 is 5.32 Å². The highest BCUT2D eigenvalue weighted by atomic mass is 35.5. The van der Waals surface area contributed by atoms with Gasteiger partial charge in [0, 0.05) is 34.7 Å². The van der Waals surface area contributed by atoms with Crippen molar-refractivity contribution < 1.29 is 4.79 Å². The minimum absolute atomic E-state index is 0.164. The first-order chi connectivity index (χ1) is 15.5. The molecule has 0 saturated carbocycles. The zero-order valence-corrected chi connectivity index (χ0v) is 19.2. The highest BCUT2D eigenvalue weighted by Gasteiger charge is 2.14. The van der Waals surface area contributed by atoms with Gasteiger partial charge in [0.05, 0.1) is 0 Å². The lowest BCUT2D eigenvalue weighted by Gasteiger charge is -2.05. The molecule has 2 aromatic heterocycles. The Morgan fingerprint density at radius 2 is 1.66 bits per heavy atom. The molecule has 2 heterocycles. The maximum absolute atomic E-state index is 12.7. The highest BCUT2D eigenvalue weighted by Crippen LogP contribution is 2.24. The van der Waals surface area contributed by atoms with E-state index in [1.807, 2.05) is 48.5 Å². The number of thioether (sulfide) groups is 1. The Morgan fingerprint density at radius 1 is 1.00 bits per heavy atom. The van der Waals surface area contributed by atoms with Crippen molar-refractivity contribution >= 4 is 46.5 Å². The van der Waals surface area contributed by atoms with Crippen molar-refractivity contribution in [2.75, 3.05) is 6.54 Å². The van der Waals surface area contributed by atoms with Gasteiger partial charge in [0.25, 0.3) is 0 Å². The number of benzene rings is 2.